The fraction of sp³-hybridized carbons (Fsp3) is 0.200. The van der Waals surface area contributed by atoms with E-state index in [1.165, 1.54) is 19.3 Å². The Bertz CT molecular complexity index is 569. The van der Waals surface area contributed by atoms with Gasteiger partial charge < -0.3 is 5.32 Å². The highest BCUT2D eigenvalue weighted by molar-refractivity contribution is 5.94. The third kappa shape index (κ3) is 6.47. The number of nitrogens with zero attached hydrogens (tertiary/aromatic N) is 1. The Morgan fingerprint density at radius 1 is 1.23 bits per heavy atom. The molecule has 3 amide bonds. The molecule has 0 heterocycles. The van der Waals surface area contributed by atoms with E-state index in [0.717, 1.165) is 10.6 Å². The lowest BCUT2D eigenvalue weighted by molar-refractivity contribution is -0.137. The summed E-state index contributed by atoms with van der Waals surface area (Å²) in [6, 6.07) is 9.08. The summed E-state index contributed by atoms with van der Waals surface area (Å²) in [6.07, 6.45) is 4.32. The topological polar surface area (TPSA) is 95.6 Å². The maximum atomic E-state index is 11.9. The van der Waals surface area contributed by atoms with Crippen molar-refractivity contribution in [2.75, 3.05) is 13.1 Å². The maximum absolute atomic E-state index is 11.9. The number of hydrazine groups is 1. The summed E-state index contributed by atoms with van der Waals surface area (Å²) in [4.78, 5) is 44.7. The predicted molar refractivity (Wildman–Crippen MR) is 79.7 cm³/mol. The molecule has 7 nitrogen and oxygen atoms in total. The Balaban J connectivity index is 2.63. The van der Waals surface area contributed by atoms with Gasteiger partial charge in [0, 0.05) is 13.0 Å². The van der Waals surface area contributed by atoms with E-state index in [-0.39, 0.29) is 12.5 Å². The molecule has 0 unspecified atom stereocenters. The van der Waals surface area contributed by atoms with Gasteiger partial charge >= 0.3 is 0 Å². The molecule has 1 rings (SSSR count). The van der Waals surface area contributed by atoms with Gasteiger partial charge in [0.1, 0.15) is 6.54 Å². The van der Waals surface area contributed by atoms with Gasteiger partial charge in [-0.1, -0.05) is 30.3 Å². The third-order valence-electron chi connectivity index (χ3n) is 2.46. The van der Waals surface area contributed by atoms with E-state index in [1.807, 2.05) is 18.2 Å². The number of nitrogens with one attached hydrogen (secondary N) is 2. The summed E-state index contributed by atoms with van der Waals surface area (Å²) in [6.45, 7) is 0.558. The first-order valence-electron chi connectivity index (χ1n) is 6.46. The van der Waals surface area contributed by atoms with Crippen molar-refractivity contribution in [3.63, 3.8) is 0 Å². The number of carbonyl (C=O) groups is 3. The summed E-state index contributed by atoms with van der Waals surface area (Å²) >= 11 is 0. The van der Waals surface area contributed by atoms with Crippen molar-refractivity contribution in [1.29, 1.82) is 0 Å². The van der Waals surface area contributed by atoms with Crippen LogP contribution in [0, 0.1) is 0 Å². The lowest BCUT2D eigenvalue weighted by Gasteiger charge is -2.19. The number of benzene rings is 1. The monoisotopic (exact) mass is 302 g/mol. The minimum atomic E-state index is -0.619. The summed E-state index contributed by atoms with van der Waals surface area (Å²) in [5.41, 5.74) is 3.03. The van der Waals surface area contributed by atoms with Crippen molar-refractivity contribution < 1.29 is 19.2 Å². The fourth-order valence-electron chi connectivity index (χ4n) is 1.45. The summed E-state index contributed by atoms with van der Waals surface area (Å²) < 4.78 is 0. The normalized spacial score (nSPS) is 10.0. The van der Waals surface area contributed by atoms with Crippen LogP contribution in [0.4, 0.5) is 0 Å². The van der Waals surface area contributed by atoms with Gasteiger partial charge in [0.15, 0.2) is 0 Å². The number of amides is 3. The summed E-state index contributed by atoms with van der Waals surface area (Å²) in [7, 11) is 0. The van der Waals surface area contributed by atoms with Gasteiger partial charge in [-0.15, -0.1) is 0 Å². The Morgan fingerprint density at radius 3 is 2.50 bits per heavy atom. The van der Waals surface area contributed by atoms with Crippen LogP contribution in [-0.4, -0.2) is 42.1 Å². The van der Waals surface area contributed by atoms with E-state index in [4.69, 9.17) is 0 Å². The van der Waals surface area contributed by atoms with E-state index in [1.54, 1.807) is 18.2 Å². The van der Waals surface area contributed by atoms with E-state index in [9.17, 15) is 19.2 Å². The van der Waals surface area contributed by atoms with Crippen molar-refractivity contribution >= 4 is 30.1 Å². The molecule has 0 spiro atoms. The second-order valence-corrected chi connectivity index (χ2v) is 4.26. The van der Waals surface area contributed by atoms with E-state index >= 15 is 0 Å². The molecule has 0 aliphatic carbocycles. The van der Waals surface area contributed by atoms with Crippen molar-refractivity contribution in [1.82, 2.24) is 15.8 Å². The smallest absolute Gasteiger partial charge is 0.265 e. The molecule has 0 saturated carbocycles. The summed E-state index contributed by atoms with van der Waals surface area (Å²) in [5, 5.41) is 3.10. The molecule has 1 aromatic rings. The minimum absolute atomic E-state index is 0.291. The van der Waals surface area contributed by atoms with Gasteiger partial charge in [-0.2, -0.15) is 0 Å². The Kier molecular flexibility index (Phi) is 7.04. The lowest BCUT2D eigenvalue weighted by atomic mass is 10.2. The number of hydrogen-bond donors (Lipinski definition) is 2. The molecule has 1 radical (unpaired) electrons. The molecule has 0 atom stereocenters. The number of hydrogen-bond acceptors (Lipinski definition) is 4. The van der Waals surface area contributed by atoms with Gasteiger partial charge in [-0.3, -0.25) is 24.6 Å². The molecule has 0 aliphatic rings. The van der Waals surface area contributed by atoms with Crippen LogP contribution < -0.4 is 10.7 Å². The lowest BCUT2D eigenvalue weighted by Crippen LogP contribution is -2.49. The highest BCUT2D eigenvalue weighted by Gasteiger charge is 2.13. The second-order valence-electron chi connectivity index (χ2n) is 4.26. The molecule has 22 heavy (non-hydrogen) atoms. The zero-order valence-electron chi connectivity index (χ0n) is 12.0. The van der Waals surface area contributed by atoms with Crippen LogP contribution in [0.15, 0.2) is 36.4 Å². The fourth-order valence-corrected chi connectivity index (χ4v) is 1.45. The first-order valence-corrected chi connectivity index (χ1v) is 6.46. The minimum Gasteiger partial charge on any atom is -0.347 e. The number of carbonyl (C=O) groups excluding carboxylic acids is 4. The SMILES string of the molecule is CC(=O)NCC(=O)NN(C[C]=O)C(=O)C=Cc1ccccc1. The molecule has 0 fully saturated rings. The molecular weight excluding hydrogens is 286 g/mol. The highest BCUT2D eigenvalue weighted by Crippen LogP contribution is 2.01. The maximum Gasteiger partial charge on any atom is 0.265 e. The van der Waals surface area contributed by atoms with Gasteiger partial charge in [0.2, 0.25) is 12.2 Å². The molecule has 1 aromatic carbocycles. The molecular formula is C15H16N3O4. The molecule has 0 aliphatic heterocycles. The quantitative estimate of drug-likeness (QED) is 0.562. The average molecular weight is 302 g/mol. The third-order valence-corrected chi connectivity index (χ3v) is 2.46. The Morgan fingerprint density at radius 2 is 1.91 bits per heavy atom. The van der Waals surface area contributed by atoms with E-state index < -0.39 is 18.4 Å². The van der Waals surface area contributed by atoms with E-state index in [0.29, 0.717) is 0 Å². The molecule has 2 N–H and O–H groups in total. The zero-order chi connectivity index (χ0) is 16.4. The van der Waals surface area contributed by atoms with Crippen molar-refractivity contribution in [2.45, 2.75) is 6.92 Å². The van der Waals surface area contributed by atoms with Crippen LogP contribution in [0.3, 0.4) is 0 Å². The van der Waals surface area contributed by atoms with Crippen molar-refractivity contribution in [3.8, 4) is 0 Å². The predicted octanol–water partition coefficient (Wildman–Crippen LogP) is -0.195. The second kappa shape index (κ2) is 9.06. The van der Waals surface area contributed by atoms with E-state index in [2.05, 4.69) is 10.7 Å². The largest absolute Gasteiger partial charge is 0.347 e. The van der Waals surface area contributed by atoms with Crippen LogP contribution in [0.2, 0.25) is 0 Å². The first-order chi connectivity index (χ1) is 10.5. The molecule has 7 heteroatoms. The molecule has 115 valence electrons. The molecule has 0 aromatic heterocycles. The molecule has 0 bridgehead atoms. The van der Waals surface area contributed by atoms with Crippen LogP contribution in [-0.2, 0) is 19.2 Å². The van der Waals surface area contributed by atoms with Crippen LogP contribution in [0.1, 0.15) is 12.5 Å². The Labute approximate surface area is 128 Å². The zero-order valence-corrected chi connectivity index (χ0v) is 12.0. The van der Waals surface area contributed by atoms with Crippen LogP contribution in [0.5, 0.6) is 0 Å². The standard InChI is InChI=1S/C15H16N3O4/c1-12(20)16-11-14(21)17-18(9-10-19)15(22)8-7-13-5-3-2-4-6-13/h2-8H,9,11H2,1H3,(H,16,20)(H,17,21). The van der Waals surface area contributed by atoms with Gasteiger partial charge in [0.05, 0.1) is 6.54 Å². The van der Waals surface area contributed by atoms with Crippen molar-refractivity contribution in [2.24, 2.45) is 0 Å². The number of rotatable bonds is 6. The first kappa shape index (κ1) is 17.1. The van der Waals surface area contributed by atoms with Crippen LogP contribution >= 0.6 is 0 Å². The summed E-state index contributed by atoms with van der Waals surface area (Å²) in [5.74, 6) is -1.57. The average Bonchev–Trinajstić information content (AvgIpc) is 2.51. The van der Waals surface area contributed by atoms with Crippen LogP contribution in [0.25, 0.3) is 6.08 Å². The Hall–Kier alpha value is -2.96. The van der Waals surface area contributed by atoms with Gasteiger partial charge in [-0.05, 0) is 11.6 Å². The van der Waals surface area contributed by atoms with Crippen molar-refractivity contribution in [3.05, 3.63) is 42.0 Å². The highest BCUT2D eigenvalue weighted by atomic mass is 16.2. The van der Waals surface area contributed by atoms with Gasteiger partial charge in [-0.25, -0.2) is 5.01 Å². The van der Waals surface area contributed by atoms with Gasteiger partial charge in [0.25, 0.3) is 11.8 Å². The molecule has 0 saturated heterocycles.